The molecule has 2 aromatic carbocycles. The molecule has 39 heavy (non-hydrogen) atoms. The first-order valence-corrected chi connectivity index (χ1v) is 15.7. The number of likely N-dealkylation sites (tertiary alicyclic amines) is 1. The van der Waals surface area contributed by atoms with Gasteiger partial charge in [-0.1, -0.05) is 53.2 Å². The Morgan fingerprint density at radius 1 is 1.10 bits per heavy atom. The third-order valence-corrected chi connectivity index (χ3v) is 9.80. The van der Waals surface area contributed by atoms with Crippen LogP contribution in [0.25, 0.3) is 11.3 Å². The van der Waals surface area contributed by atoms with Crippen LogP contribution in [0, 0.1) is 0 Å². The minimum Gasteiger partial charge on any atom is -0.353 e. The van der Waals surface area contributed by atoms with Crippen molar-refractivity contribution in [2.24, 2.45) is 0 Å². The molecule has 1 atom stereocenters. The second kappa shape index (κ2) is 13.5. The van der Waals surface area contributed by atoms with E-state index in [0.717, 1.165) is 85.0 Å². The van der Waals surface area contributed by atoms with E-state index in [1.165, 1.54) is 11.8 Å². The number of thiazole rings is 1. The molecule has 1 amide bonds. The van der Waals surface area contributed by atoms with Gasteiger partial charge >= 0.3 is 0 Å². The topological polar surface area (TPSA) is 77.6 Å². The smallest absolute Gasteiger partial charge is 0.230 e. The van der Waals surface area contributed by atoms with E-state index in [-0.39, 0.29) is 18.0 Å². The molecule has 206 valence electrons. The van der Waals surface area contributed by atoms with Crippen molar-refractivity contribution in [1.29, 1.82) is 0 Å². The highest BCUT2D eigenvalue weighted by Crippen LogP contribution is 2.30. The van der Waals surface area contributed by atoms with E-state index >= 15 is 0 Å². The number of nitrogens with one attached hydrogen (secondary N) is 2. The van der Waals surface area contributed by atoms with Gasteiger partial charge in [0.05, 0.1) is 27.5 Å². The second-order valence-corrected chi connectivity index (χ2v) is 12.8. The maximum absolute atomic E-state index is 12.6. The van der Waals surface area contributed by atoms with Crippen molar-refractivity contribution in [2.45, 2.75) is 48.7 Å². The van der Waals surface area contributed by atoms with Crippen LogP contribution in [0.5, 0.6) is 0 Å². The number of halogens is 2. The minimum atomic E-state index is -0.0800. The Morgan fingerprint density at radius 3 is 2.74 bits per heavy atom. The van der Waals surface area contributed by atoms with Gasteiger partial charge in [0, 0.05) is 48.9 Å². The van der Waals surface area contributed by atoms with Gasteiger partial charge in [-0.2, -0.15) is 0 Å². The SMILES string of the molecule is O=C[C@H]1CCCN1Nc1cccc(-c2csc(SCC(=O)NC3CCN(Cc4ccc(Cl)c(Cl)c4)CC3)n2)c1. The predicted octanol–water partition coefficient (Wildman–Crippen LogP) is 5.98. The van der Waals surface area contributed by atoms with Crippen LogP contribution in [0.15, 0.2) is 52.2 Å². The molecule has 0 unspecified atom stereocenters. The monoisotopic (exact) mass is 603 g/mol. The average molecular weight is 605 g/mol. The number of aromatic nitrogens is 1. The van der Waals surface area contributed by atoms with E-state index < -0.39 is 0 Å². The normalized spacial score (nSPS) is 18.8. The fourth-order valence-corrected chi connectivity index (χ4v) is 6.94. The molecule has 7 nitrogen and oxygen atoms in total. The van der Waals surface area contributed by atoms with Crippen LogP contribution in [0.3, 0.4) is 0 Å². The molecule has 3 aromatic rings. The van der Waals surface area contributed by atoms with Gasteiger partial charge in [0.1, 0.15) is 6.29 Å². The molecule has 0 radical (unpaired) electrons. The Balaban J connectivity index is 1.06. The van der Waals surface area contributed by atoms with E-state index in [1.807, 2.05) is 52.9 Å². The lowest BCUT2D eigenvalue weighted by atomic mass is 10.0. The van der Waals surface area contributed by atoms with E-state index in [4.69, 9.17) is 28.2 Å². The maximum atomic E-state index is 12.6. The summed E-state index contributed by atoms with van der Waals surface area (Å²) in [6.07, 6.45) is 4.75. The molecular formula is C28H31Cl2N5O2S2. The van der Waals surface area contributed by atoms with Crippen LogP contribution in [0.1, 0.15) is 31.2 Å². The molecule has 0 spiro atoms. The number of carbonyl (C=O) groups is 2. The number of piperidine rings is 1. The number of anilines is 1. The summed E-state index contributed by atoms with van der Waals surface area (Å²) in [5.74, 6) is 0.390. The van der Waals surface area contributed by atoms with Gasteiger partial charge in [0.25, 0.3) is 0 Å². The molecule has 3 heterocycles. The number of hydrogen-bond acceptors (Lipinski definition) is 8. The van der Waals surface area contributed by atoms with Gasteiger partial charge in [-0.15, -0.1) is 11.3 Å². The summed E-state index contributed by atoms with van der Waals surface area (Å²) in [6.45, 7) is 3.53. The first-order valence-electron chi connectivity index (χ1n) is 13.1. The molecule has 5 rings (SSSR count). The van der Waals surface area contributed by atoms with Crippen LogP contribution in [0.2, 0.25) is 10.0 Å². The molecule has 2 saturated heterocycles. The van der Waals surface area contributed by atoms with Gasteiger partial charge in [0.15, 0.2) is 4.34 Å². The first-order chi connectivity index (χ1) is 19.0. The van der Waals surface area contributed by atoms with Crippen molar-refractivity contribution >= 4 is 64.2 Å². The van der Waals surface area contributed by atoms with Gasteiger partial charge < -0.3 is 15.5 Å². The number of rotatable bonds is 10. The molecule has 0 aliphatic carbocycles. The summed E-state index contributed by atoms with van der Waals surface area (Å²) in [4.78, 5) is 31.0. The number of hydrazine groups is 1. The zero-order valence-corrected chi connectivity index (χ0v) is 24.6. The van der Waals surface area contributed by atoms with Gasteiger partial charge in [-0.3, -0.25) is 9.69 Å². The number of carbonyl (C=O) groups excluding carboxylic acids is 2. The molecule has 11 heteroatoms. The molecule has 0 bridgehead atoms. The first kappa shape index (κ1) is 28.4. The standard InChI is InChI=1S/C28H31Cl2N5O2S2/c29-24-7-6-19(13-25(24)30)15-34-11-8-21(9-12-34)31-27(37)18-39-28-32-26(17-38-28)20-3-1-4-22(14-20)33-35-10-2-5-23(35)16-36/h1,3-4,6-7,13-14,16-17,21,23,33H,2,5,8-12,15,18H2,(H,31,37)/t23-/m1/s1. The van der Waals surface area contributed by atoms with Crippen molar-refractivity contribution in [1.82, 2.24) is 20.2 Å². The number of nitrogens with zero attached hydrogens (tertiary/aromatic N) is 3. The summed E-state index contributed by atoms with van der Waals surface area (Å²) < 4.78 is 0.871. The summed E-state index contributed by atoms with van der Waals surface area (Å²) in [7, 11) is 0. The summed E-state index contributed by atoms with van der Waals surface area (Å²) in [5.41, 5.74) is 7.33. The van der Waals surface area contributed by atoms with Gasteiger partial charge in [0.2, 0.25) is 5.91 Å². The lowest BCUT2D eigenvalue weighted by molar-refractivity contribution is -0.119. The van der Waals surface area contributed by atoms with Crippen LogP contribution < -0.4 is 10.7 Å². The Hall–Kier alpha value is -2.14. The van der Waals surface area contributed by atoms with E-state index in [2.05, 4.69) is 15.6 Å². The van der Waals surface area contributed by atoms with Crippen molar-refractivity contribution in [3.05, 3.63) is 63.5 Å². The maximum Gasteiger partial charge on any atom is 0.230 e. The van der Waals surface area contributed by atoms with Crippen LogP contribution >= 0.6 is 46.3 Å². The quantitative estimate of drug-likeness (QED) is 0.218. The highest BCUT2D eigenvalue weighted by atomic mass is 35.5. The lowest BCUT2D eigenvalue weighted by Crippen LogP contribution is -2.44. The van der Waals surface area contributed by atoms with Crippen molar-refractivity contribution in [3.63, 3.8) is 0 Å². The van der Waals surface area contributed by atoms with Crippen LogP contribution in [-0.4, -0.2) is 64.6 Å². The van der Waals surface area contributed by atoms with Gasteiger partial charge in [-0.05, 0) is 55.5 Å². The number of thioether (sulfide) groups is 1. The number of hydrogen-bond donors (Lipinski definition) is 2. The Bertz CT molecular complexity index is 1300. The molecular weight excluding hydrogens is 573 g/mol. The van der Waals surface area contributed by atoms with Gasteiger partial charge in [-0.25, -0.2) is 9.99 Å². The number of aldehydes is 1. The number of amides is 1. The summed E-state index contributed by atoms with van der Waals surface area (Å²) in [6, 6.07) is 13.9. The summed E-state index contributed by atoms with van der Waals surface area (Å²) in [5, 5.41) is 8.36. The van der Waals surface area contributed by atoms with E-state index in [9.17, 15) is 9.59 Å². The zero-order chi connectivity index (χ0) is 27.2. The Labute approximate surface area is 247 Å². The Morgan fingerprint density at radius 2 is 1.95 bits per heavy atom. The van der Waals surface area contributed by atoms with E-state index in [0.29, 0.717) is 15.8 Å². The predicted molar refractivity (Wildman–Crippen MR) is 161 cm³/mol. The van der Waals surface area contributed by atoms with Crippen molar-refractivity contribution in [3.8, 4) is 11.3 Å². The number of benzene rings is 2. The Kier molecular flexibility index (Phi) is 9.81. The lowest BCUT2D eigenvalue weighted by Gasteiger charge is -2.32. The fourth-order valence-electron chi connectivity index (χ4n) is 4.97. The minimum absolute atomic E-state index is 0.0428. The molecule has 2 aliphatic heterocycles. The van der Waals surface area contributed by atoms with Crippen LogP contribution in [-0.2, 0) is 16.1 Å². The molecule has 2 N–H and O–H groups in total. The molecule has 1 aromatic heterocycles. The molecule has 2 fully saturated rings. The van der Waals surface area contributed by atoms with Crippen LogP contribution in [0.4, 0.5) is 5.69 Å². The fraction of sp³-hybridized carbons (Fsp3) is 0.393. The largest absolute Gasteiger partial charge is 0.353 e. The highest BCUT2D eigenvalue weighted by molar-refractivity contribution is 8.01. The molecule has 2 aliphatic rings. The zero-order valence-electron chi connectivity index (χ0n) is 21.4. The van der Waals surface area contributed by atoms with E-state index in [1.54, 1.807) is 11.3 Å². The highest BCUT2D eigenvalue weighted by Gasteiger charge is 2.24. The van der Waals surface area contributed by atoms with Crippen molar-refractivity contribution in [2.75, 3.05) is 30.8 Å². The summed E-state index contributed by atoms with van der Waals surface area (Å²) >= 11 is 15.2. The average Bonchev–Trinajstić information content (AvgIpc) is 3.60. The molecule has 0 saturated carbocycles. The third-order valence-electron chi connectivity index (χ3n) is 7.04. The third kappa shape index (κ3) is 7.74. The van der Waals surface area contributed by atoms with Crippen molar-refractivity contribution < 1.29 is 9.59 Å². The second-order valence-electron chi connectivity index (χ2n) is 9.89.